The van der Waals surface area contributed by atoms with Crippen LogP contribution in [-0.4, -0.2) is 0 Å². The molecular formula is C15H32. The number of rotatable bonds is 2. The first-order chi connectivity index (χ1) is 5.81. The first-order valence-electron chi connectivity index (χ1n) is 4.82. The highest BCUT2D eigenvalue weighted by Crippen LogP contribution is 1.92. The lowest BCUT2D eigenvalue weighted by molar-refractivity contribution is 0.772. The van der Waals surface area contributed by atoms with Crippen molar-refractivity contribution >= 4 is 0 Å². The summed E-state index contributed by atoms with van der Waals surface area (Å²) < 4.78 is 0. The minimum atomic E-state index is 0. The monoisotopic (exact) mass is 212 g/mol. The maximum atomic E-state index is 2.21. The summed E-state index contributed by atoms with van der Waals surface area (Å²) in [7, 11) is 0. The fraction of sp³-hybridized carbons (Fsp3) is 0.600. The van der Waals surface area contributed by atoms with E-state index >= 15 is 0 Å². The first kappa shape index (κ1) is 23.8. The molecule has 0 fully saturated rings. The Morgan fingerprint density at radius 2 is 1.20 bits per heavy atom. The van der Waals surface area contributed by atoms with Crippen molar-refractivity contribution in [2.75, 3.05) is 0 Å². The van der Waals surface area contributed by atoms with Gasteiger partial charge in [0.25, 0.3) is 0 Å². The molecule has 0 nitrogen and oxygen atoms in total. The predicted octanol–water partition coefficient (Wildman–Crippen LogP) is 6.10. The Balaban J connectivity index is -0.0000000701. The summed E-state index contributed by atoms with van der Waals surface area (Å²) in [4.78, 5) is 0. The second-order valence-electron chi connectivity index (χ2n) is 3.01. The van der Waals surface area contributed by atoms with Crippen LogP contribution in [0.2, 0.25) is 0 Å². The van der Waals surface area contributed by atoms with Crippen LogP contribution >= 0.6 is 0 Å². The van der Waals surface area contributed by atoms with Gasteiger partial charge in [0.15, 0.2) is 0 Å². The molecule has 0 aliphatic carbocycles. The SMILES string of the molecule is C.C.C.CCCCC.Cc1ccccc1. The summed E-state index contributed by atoms with van der Waals surface area (Å²) in [5.41, 5.74) is 1.32. The van der Waals surface area contributed by atoms with Crippen molar-refractivity contribution in [2.24, 2.45) is 0 Å². The maximum Gasteiger partial charge on any atom is -0.0398 e. The molecule has 1 aromatic carbocycles. The third kappa shape index (κ3) is 19.6. The number of aryl methyl sites for hydroxylation is 1. The molecule has 0 unspecified atom stereocenters. The lowest BCUT2D eigenvalue weighted by Gasteiger charge is -1.82. The lowest BCUT2D eigenvalue weighted by Crippen LogP contribution is -1.62. The van der Waals surface area contributed by atoms with Crippen molar-refractivity contribution in [1.82, 2.24) is 0 Å². The molecule has 0 aliphatic heterocycles. The third-order valence-electron chi connectivity index (χ3n) is 1.65. The summed E-state index contributed by atoms with van der Waals surface area (Å²) >= 11 is 0. The van der Waals surface area contributed by atoms with Gasteiger partial charge in [-0.3, -0.25) is 0 Å². The number of hydrogen-bond donors (Lipinski definition) is 0. The van der Waals surface area contributed by atoms with Gasteiger partial charge in [0.1, 0.15) is 0 Å². The predicted molar refractivity (Wildman–Crippen MR) is 76.6 cm³/mol. The molecule has 0 radical (unpaired) electrons. The molecule has 92 valence electrons. The lowest BCUT2D eigenvalue weighted by atomic mass is 10.2. The molecule has 0 saturated carbocycles. The van der Waals surface area contributed by atoms with E-state index in [1.807, 2.05) is 18.2 Å². The van der Waals surface area contributed by atoms with Crippen LogP contribution in [0.1, 0.15) is 61.0 Å². The zero-order valence-electron chi connectivity index (χ0n) is 8.51. The highest BCUT2D eigenvalue weighted by molar-refractivity contribution is 5.11. The third-order valence-corrected chi connectivity index (χ3v) is 1.65. The van der Waals surface area contributed by atoms with E-state index in [4.69, 9.17) is 0 Å². The molecule has 15 heavy (non-hydrogen) atoms. The van der Waals surface area contributed by atoms with Crippen molar-refractivity contribution in [3.05, 3.63) is 35.9 Å². The molecule has 0 N–H and O–H groups in total. The van der Waals surface area contributed by atoms with E-state index in [9.17, 15) is 0 Å². The fourth-order valence-electron chi connectivity index (χ4n) is 0.888. The quantitative estimate of drug-likeness (QED) is 0.555. The molecule has 0 heteroatoms. The van der Waals surface area contributed by atoms with Gasteiger partial charge in [-0.15, -0.1) is 0 Å². The van der Waals surface area contributed by atoms with E-state index < -0.39 is 0 Å². The second kappa shape index (κ2) is 18.9. The zero-order valence-corrected chi connectivity index (χ0v) is 8.51. The molecule has 0 heterocycles. The molecule has 0 saturated heterocycles. The van der Waals surface area contributed by atoms with E-state index in [-0.39, 0.29) is 22.3 Å². The van der Waals surface area contributed by atoms with Crippen LogP contribution in [0.15, 0.2) is 30.3 Å². The fourth-order valence-corrected chi connectivity index (χ4v) is 0.888. The Labute approximate surface area is 98.7 Å². The van der Waals surface area contributed by atoms with Crippen LogP contribution < -0.4 is 0 Å². The Hall–Kier alpha value is -0.780. The maximum absolute atomic E-state index is 2.21. The van der Waals surface area contributed by atoms with Crippen LogP contribution in [0, 0.1) is 6.92 Å². The highest BCUT2D eigenvalue weighted by Gasteiger charge is 1.72. The average molecular weight is 212 g/mol. The van der Waals surface area contributed by atoms with Crippen LogP contribution in [0.5, 0.6) is 0 Å². The summed E-state index contributed by atoms with van der Waals surface area (Å²) in [6.07, 6.45) is 4.08. The first-order valence-corrected chi connectivity index (χ1v) is 4.82. The van der Waals surface area contributed by atoms with Crippen LogP contribution in [-0.2, 0) is 0 Å². The van der Waals surface area contributed by atoms with E-state index in [1.165, 1.54) is 24.8 Å². The largest absolute Gasteiger partial charge is 0.0776 e. The molecular weight excluding hydrogens is 180 g/mol. The van der Waals surface area contributed by atoms with Gasteiger partial charge in [0.05, 0.1) is 0 Å². The van der Waals surface area contributed by atoms with Crippen molar-refractivity contribution in [3.63, 3.8) is 0 Å². The zero-order chi connectivity index (χ0) is 9.23. The van der Waals surface area contributed by atoms with Crippen LogP contribution in [0.3, 0.4) is 0 Å². The topological polar surface area (TPSA) is 0 Å². The standard InChI is InChI=1S/C7H8.C5H12.3CH4/c1-7-5-3-2-4-6-7;1-3-5-4-2;;;/h2-6H,1H3;3-5H2,1-2H3;3*1H4. The highest BCUT2D eigenvalue weighted by atomic mass is 13.8. The molecule has 0 bridgehead atoms. The molecule has 1 aromatic rings. The van der Waals surface area contributed by atoms with E-state index in [0.717, 1.165) is 0 Å². The van der Waals surface area contributed by atoms with Gasteiger partial charge >= 0.3 is 0 Å². The van der Waals surface area contributed by atoms with Crippen molar-refractivity contribution in [2.45, 2.75) is 62.3 Å². The van der Waals surface area contributed by atoms with E-state index in [1.54, 1.807) is 0 Å². The minimum Gasteiger partial charge on any atom is -0.0776 e. The molecule has 0 aromatic heterocycles. The van der Waals surface area contributed by atoms with Crippen molar-refractivity contribution in [1.29, 1.82) is 0 Å². The van der Waals surface area contributed by atoms with E-state index in [0.29, 0.717) is 0 Å². The van der Waals surface area contributed by atoms with Gasteiger partial charge < -0.3 is 0 Å². The Morgan fingerprint density at radius 3 is 1.33 bits per heavy atom. The molecule has 0 atom stereocenters. The van der Waals surface area contributed by atoms with Gasteiger partial charge in [0, 0.05) is 0 Å². The van der Waals surface area contributed by atoms with E-state index in [2.05, 4.69) is 32.9 Å². The average Bonchev–Trinajstić information content (AvgIpc) is 2.08. The molecule has 1 rings (SSSR count). The molecule has 0 aliphatic rings. The Kier molecular flexibility index (Phi) is 30.0. The molecule has 0 amide bonds. The Bertz CT molecular complexity index is 163. The normalized spacial score (nSPS) is 6.87. The summed E-state index contributed by atoms with van der Waals surface area (Å²) in [6, 6.07) is 10.3. The van der Waals surface area contributed by atoms with Crippen molar-refractivity contribution in [3.8, 4) is 0 Å². The Morgan fingerprint density at radius 1 is 0.800 bits per heavy atom. The summed E-state index contributed by atoms with van der Waals surface area (Å²) in [6.45, 7) is 6.51. The van der Waals surface area contributed by atoms with Gasteiger partial charge in [-0.25, -0.2) is 0 Å². The van der Waals surface area contributed by atoms with Gasteiger partial charge in [-0.2, -0.15) is 0 Å². The van der Waals surface area contributed by atoms with Gasteiger partial charge in [-0.1, -0.05) is 91.3 Å². The summed E-state index contributed by atoms with van der Waals surface area (Å²) in [5.74, 6) is 0. The second-order valence-corrected chi connectivity index (χ2v) is 3.01. The minimum absolute atomic E-state index is 0. The molecule has 0 spiro atoms. The number of unbranched alkanes of at least 4 members (excludes halogenated alkanes) is 2. The van der Waals surface area contributed by atoms with Gasteiger partial charge in [0.2, 0.25) is 0 Å². The summed E-state index contributed by atoms with van der Waals surface area (Å²) in [5, 5.41) is 0. The number of benzene rings is 1. The number of hydrogen-bond acceptors (Lipinski definition) is 0. The smallest absolute Gasteiger partial charge is 0.0398 e. The van der Waals surface area contributed by atoms with Crippen molar-refractivity contribution < 1.29 is 0 Å². The van der Waals surface area contributed by atoms with Crippen LogP contribution in [0.25, 0.3) is 0 Å². The van der Waals surface area contributed by atoms with Gasteiger partial charge in [-0.05, 0) is 6.92 Å². The van der Waals surface area contributed by atoms with Crippen LogP contribution in [0.4, 0.5) is 0 Å².